The first-order chi connectivity index (χ1) is 11.8. The number of benzene rings is 1. The van der Waals surface area contributed by atoms with Crippen LogP contribution in [0.5, 0.6) is 0 Å². The lowest BCUT2D eigenvalue weighted by atomic mass is 10.3. The first-order valence-electron chi connectivity index (χ1n) is 7.08. The van der Waals surface area contributed by atoms with E-state index in [2.05, 4.69) is 10.3 Å². The van der Waals surface area contributed by atoms with Crippen LogP contribution in [0, 0.1) is 12.7 Å². The van der Waals surface area contributed by atoms with Crippen LogP contribution in [0.4, 0.5) is 10.1 Å². The van der Waals surface area contributed by atoms with Crippen LogP contribution in [-0.4, -0.2) is 25.6 Å². The molecular weight excluding hydrogens is 367 g/mol. The Hall–Kier alpha value is -2.52. The molecule has 2 heterocycles. The Labute approximate surface area is 147 Å². The van der Waals surface area contributed by atoms with Gasteiger partial charge in [-0.15, -0.1) is 11.3 Å². The molecular formula is C16H13FN2O4S2. The Morgan fingerprint density at radius 1 is 1.32 bits per heavy atom. The molecule has 0 atom stereocenters. The highest BCUT2D eigenvalue weighted by molar-refractivity contribution is 7.90. The first kappa shape index (κ1) is 17.3. The van der Waals surface area contributed by atoms with Crippen LogP contribution < -0.4 is 5.32 Å². The third-order valence-corrected chi connectivity index (χ3v) is 5.45. The molecule has 0 aliphatic heterocycles. The lowest BCUT2D eigenvalue weighted by molar-refractivity contribution is 0.102. The largest absolute Gasteiger partial charge is 0.462 e. The van der Waals surface area contributed by atoms with E-state index in [-0.39, 0.29) is 16.3 Å². The molecule has 3 aromatic rings. The topological polar surface area (TPSA) is 89.3 Å². The van der Waals surface area contributed by atoms with E-state index in [4.69, 9.17) is 4.42 Å². The van der Waals surface area contributed by atoms with Crippen LogP contribution in [-0.2, 0) is 9.84 Å². The van der Waals surface area contributed by atoms with E-state index in [0.717, 1.165) is 24.5 Å². The summed E-state index contributed by atoms with van der Waals surface area (Å²) in [6.45, 7) is 1.71. The number of furan rings is 1. The number of nitrogens with one attached hydrogen (secondary N) is 1. The van der Waals surface area contributed by atoms with Gasteiger partial charge in [-0.1, -0.05) is 0 Å². The van der Waals surface area contributed by atoms with Crippen LogP contribution in [0.15, 0.2) is 45.9 Å². The first-order valence-corrected chi connectivity index (χ1v) is 9.79. The van der Waals surface area contributed by atoms with Gasteiger partial charge in [0.05, 0.1) is 16.8 Å². The molecule has 9 heteroatoms. The number of carbonyl (C=O) groups excluding carboxylic acids is 1. The summed E-state index contributed by atoms with van der Waals surface area (Å²) in [5.74, 6) is -0.839. The number of carbonyl (C=O) groups is 1. The molecule has 0 aliphatic carbocycles. The summed E-state index contributed by atoms with van der Waals surface area (Å²) >= 11 is 1.27. The zero-order valence-corrected chi connectivity index (χ0v) is 14.9. The zero-order valence-electron chi connectivity index (χ0n) is 13.2. The number of hydrogen-bond acceptors (Lipinski definition) is 6. The van der Waals surface area contributed by atoms with E-state index in [9.17, 15) is 17.6 Å². The van der Waals surface area contributed by atoms with Crippen molar-refractivity contribution in [1.82, 2.24) is 4.98 Å². The smallest absolute Gasteiger partial charge is 0.275 e. The maximum Gasteiger partial charge on any atom is 0.275 e. The molecule has 6 nitrogen and oxygen atoms in total. The van der Waals surface area contributed by atoms with Crippen molar-refractivity contribution in [2.45, 2.75) is 11.8 Å². The van der Waals surface area contributed by atoms with E-state index in [1.165, 1.54) is 17.6 Å². The summed E-state index contributed by atoms with van der Waals surface area (Å²) in [5.41, 5.74) is -0.0968. The summed E-state index contributed by atoms with van der Waals surface area (Å²) in [7, 11) is -3.52. The molecule has 0 aliphatic rings. The van der Waals surface area contributed by atoms with Crippen LogP contribution in [0.3, 0.4) is 0 Å². The molecule has 0 bridgehead atoms. The van der Waals surface area contributed by atoms with E-state index in [0.29, 0.717) is 15.6 Å². The molecule has 1 amide bonds. The molecule has 0 radical (unpaired) electrons. The number of amides is 1. The Balaban J connectivity index is 1.91. The normalized spacial score (nSPS) is 11.5. The number of aromatic nitrogens is 1. The second kappa shape index (κ2) is 6.41. The summed E-state index contributed by atoms with van der Waals surface area (Å²) in [4.78, 5) is 17.2. The Morgan fingerprint density at radius 3 is 2.72 bits per heavy atom. The number of thiazole rings is 1. The third kappa shape index (κ3) is 3.62. The molecule has 0 unspecified atom stereocenters. The predicted octanol–water partition coefficient (Wildman–Crippen LogP) is 3.51. The van der Waals surface area contributed by atoms with Crippen LogP contribution >= 0.6 is 11.3 Å². The maximum absolute atomic E-state index is 13.9. The van der Waals surface area contributed by atoms with Crippen molar-refractivity contribution in [3.63, 3.8) is 0 Å². The summed E-state index contributed by atoms with van der Waals surface area (Å²) in [6.07, 6.45) is 2.50. The molecule has 130 valence electrons. The fourth-order valence-electron chi connectivity index (χ4n) is 2.13. The van der Waals surface area contributed by atoms with Gasteiger partial charge in [0.2, 0.25) is 0 Å². The average molecular weight is 380 g/mol. The fraction of sp³-hybridized carbons (Fsp3) is 0.125. The van der Waals surface area contributed by atoms with Gasteiger partial charge in [-0.05, 0) is 37.3 Å². The quantitative estimate of drug-likeness (QED) is 0.700. The van der Waals surface area contributed by atoms with Gasteiger partial charge >= 0.3 is 0 Å². The lowest BCUT2D eigenvalue weighted by Gasteiger charge is -2.07. The number of rotatable bonds is 4. The predicted molar refractivity (Wildman–Crippen MR) is 92.0 cm³/mol. The van der Waals surface area contributed by atoms with Gasteiger partial charge in [0, 0.05) is 11.1 Å². The fourth-order valence-corrected chi connectivity index (χ4v) is 3.65. The van der Waals surface area contributed by atoms with Gasteiger partial charge < -0.3 is 9.73 Å². The van der Waals surface area contributed by atoms with Crippen molar-refractivity contribution in [3.05, 3.63) is 53.0 Å². The Morgan fingerprint density at radius 2 is 2.08 bits per heavy atom. The Bertz CT molecular complexity index is 1040. The molecule has 0 saturated carbocycles. The van der Waals surface area contributed by atoms with Gasteiger partial charge in [0.15, 0.2) is 20.6 Å². The number of aryl methyl sites for hydroxylation is 1. The lowest BCUT2D eigenvalue weighted by Crippen LogP contribution is -2.15. The highest BCUT2D eigenvalue weighted by Crippen LogP contribution is 2.29. The summed E-state index contributed by atoms with van der Waals surface area (Å²) in [6, 6.07) is 6.64. The molecule has 1 aromatic carbocycles. The number of anilines is 1. The van der Waals surface area contributed by atoms with Gasteiger partial charge in [0.25, 0.3) is 5.91 Å². The standard InChI is InChI=1S/C16H13FN2O4S2/c1-9-14(19-16(24-9)13-4-3-7-23-13)15(20)18-12-8-10(25(2,21)22)5-6-11(12)17/h3-8H,1-2H3,(H,18,20). The molecule has 25 heavy (non-hydrogen) atoms. The maximum atomic E-state index is 13.9. The van der Waals surface area contributed by atoms with Crippen molar-refractivity contribution in [2.24, 2.45) is 0 Å². The minimum absolute atomic E-state index is 0.0875. The number of halogens is 1. The van der Waals surface area contributed by atoms with E-state index >= 15 is 0 Å². The minimum atomic E-state index is -3.52. The van der Waals surface area contributed by atoms with Crippen LogP contribution in [0.25, 0.3) is 10.8 Å². The molecule has 0 saturated heterocycles. The van der Waals surface area contributed by atoms with Crippen molar-refractivity contribution >= 4 is 32.8 Å². The third-order valence-electron chi connectivity index (χ3n) is 3.36. The van der Waals surface area contributed by atoms with Gasteiger partial charge in [-0.2, -0.15) is 0 Å². The monoisotopic (exact) mass is 380 g/mol. The minimum Gasteiger partial charge on any atom is -0.462 e. The molecule has 2 aromatic heterocycles. The van der Waals surface area contributed by atoms with Crippen molar-refractivity contribution < 1.29 is 22.0 Å². The number of sulfone groups is 1. The Kier molecular flexibility index (Phi) is 4.44. The van der Waals surface area contributed by atoms with Gasteiger partial charge in [-0.25, -0.2) is 17.8 Å². The van der Waals surface area contributed by atoms with E-state index < -0.39 is 21.6 Å². The second-order valence-electron chi connectivity index (χ2n) is 5.27. The van der Waals surface area contributed by atoms with Gasteiger partial charge in [0.1, 0.15) is 11.5 Å². The molecule has 3 rings (SSSR count). The van der Waals surface area contributed by atoms with Gasteiger partial charge in [-0.3, -0.25) is 4.79 Å². The molecule has 0 spiro atoms. The summed E-state index contributed by atoms with van der Waals surface area (Å²) in [5, 5.41) is 2.90. The highest BCUT2D eigenvalue weighted by atomic mass is 32.2. The second-order valence-corrected chi connectivity index (χ2v) is 8.49. The van der Waals surface area contributed by atoms with Crippen molar-refractivity contribution in [3.8, 4) is 10.8 Å². The van der Waals surface area contributed by atoms with Crippen LogP contribution in [0.2, 0.25) is 0 Å². The average Bonchev–Trinajstić information content (AvgIpc) is 3.17. The molecule has 0 fully saturated rings. The highest BCUT2D eigenvalue weighted by Gasteiger charge is 2.20. The number of hydrogen-bond donors (Lipinski definition) is 1. The van der Waals surface area contributed by atoms with E-state index in [1.54, 1.807) is 19.1 Å². The molecule has 1 N–H and O–H groups in total. The zero-order chi connectivity index (χ0) is 18.2. The van der Waals surface area contributed by atoms with E-state index in [1.807, 2.05) is 0 Å². The van der Waals surface area contributed by atoms with Crippen molar-refractivity contribution in [2.75, 3.05) is 11.6 Å². The van der Waals surface area contributed by atoms with Crippen LogP contribution in [0.1, 0.15) is 15.4 Å². The summed E-state index contributed by atoms with van der Waals surface area (Å²) < 4.78 is 42.3. The van der Waals surface area contributed by atoms with Crippen molar-refractivity contribution in [1.29, 1.82) is 0 Å². The SMILES string of the molecule is Cc1sc(-c2ccco2)nc1C(=O)Nc1cc(S(C)(=O)=O)ccc1F. The number of nitrogens with zero attached hydrogens (tertiary/aromatic N) is 1.